The van der Waals surface area contributed by atoms with Gasteiger partial charge in [-0.1, -0.05) is 13.0 Å². The number of piperidine rings is 1. The molecule has 3 saturated heterocycles. The first-order valence-corrected chi connectivity index (χ1v) is 12.0. The van der Waals surface area contributed by atoms with Gasteiger partial charge in [0.25, 0.3) is 0 Å². The molecule has 1 aromatic carbocycles. The second kappa shape index (κ2) is 8.85. The van der Waals surface area contributed by atoms with Crippen molar-refractivity contribution in [2.24, 2.45) is 5.41 Å². The zero-order valence-electron chi connectivity index (χ0n) is 19.5. The molecule has 0 aliphatic carbocycles. The van der Waals surface area contributed by atoms with Crippen molar-refractivity contribution in [3.8, 4) is 0 Å². The molecule has 2 amide bonds. The smallest absolute Gasteiger partial charge is 0.415 e. The van der Waals surface area contributed by atoms with Gasteiger partial charge in [0.05, 0.1) is 12.2 Å². The molecule has 0 saturated carbocycles. The summed E-state index contributed by atoms with van der Waals surface area (Å²) in [6.07, 6.45) is 6.53. The minimum Gasteiger partial charge on any atom is -0.441 e. The van der Waals surface area contributed by atoms with E-state index in [1.165, 1.54) is 17.0 Å². The molecule has 1 spiro atoms. The van der Waals surface area contributed by atoms with Crippen molar-refractivity contribution in [2.75, 3.05) is 42.5 Å². The van der Waals surface area contributed by atoms with Crippen LogP contribution < -0.4 is 9.80 Å². The molecule has 1 atom stereocenters. The number of hydrogen-bond donors (Lipinski definition) is 0. The van der Waals surface area contributed by atoms with Crippen LogP contribution in [0.5, 0.6) is 0 Å². The Morgan fingerprint density at radius 3 is 2.53 bits per heavy atom. The van der Waals surface area contributed by atoms with Crippen LogP contribution in [0.1, 0.15) is 39.0 Å². The van der Waals surface area contributed by atoms with E-state index in [9.17, 15) is 14.0 Å². The summed E-state index contributed by atoms with van der Waals surface area (Å²) in [6, 6.07) is 7.80. The molecule has 180 valence electrons. The summed E-state index contributed by atoms with van der Waals surface area (Å²) in [5, 5.41) is 0. The molecule has 4 heterocycles. The van der Waals surface area contributed by atoms with Gasteiger partial charge in [0.15, 0.2) is 0 Å². The van der Waals surface area contributed by atoms with Gasteiger partial charge < -0.3 is 14.5 Å². The van der Waals surface area contributed by atoms with Crippen molar-refractivity contribution in [1.82, 2.24) is 14.9 Å². The number of rotatable bonds is 3. The van der Waals surface area contributed by atoms with Crippen LogP contribution in [0.15, 0.2) is 42.7 Å². The van der Waals surface area contributed by atoms with Crippen LogP contribution in [0.25, 0.3) is 0 Å². The lowest BCUT2D eigenvalue weighted by Gasteiger charge is -2.41. The zero-order valence-corrected chi connectivity index (χ0v) is 19.5. The molecule has 3 aliphatic rings. The minimum atomic E-state index is -0.645. The molecule has 1 aromatic heterocycles. The van der Waals surface area contributed by atoms with Crippen molar-refractivity contribution < 1.29 is 18.7 Å². The summed E-state index contributed by atoms with van der Waals surface area (Å²) in [5.41, 5.74) is -0.573. The highest BCUT2D eigenvalue weighted by atomic mass is 19.1. The Morgan fingerprint density at radius 1 is 1.03 bits per heavy atom. The number of hydrogen-bond acceptors (Lipinski definition) is 6. The highest BCUT2D eigenvalue weighted by Gasteiger charge is 2.48. The first kappa shape index (κ1) is 22.6. The highest BCUT2D eigenvalue weighted by molar-refractivity contribution is 5.90. The second-order valence-electron chi connectivity index (χ2n) is 9.86. The second-order valence-corrected chi connectivity index (χ2v) is 9.86. The topological polar surface area (TPSA) is 78.9 Å². The largest absolute Gasteiger partial charge is 0.441 e. The van der Waals surface area contributed by atoms with E-state index in [0.29, 0.717) is 44.1 Å². The standard InChI is InChI=1S/C25H30FN5O3/c1-24(8-14-30(15-9-24)22-27-11-4-12-28-22)21(32)29-13-3-7-25(10-16-29)18-31(23(33)34-25)20-6-2-5-19(26)17-20/h2,4-6,11-12,17H,3,7-10,13-16,18H2,1H3. The van der Waals surface area contributed by atoms with E-state index in [0.717, 1.165) is 32.4 Å². The Hall–Kier alpha value is -3.23. The minimum absolute atomic E-state index is 0.171. The van der Waals surface area contributed by atoms with Crippen molar-refractivity contribution in [1.29, 1.82) is 0 Å². The maximum atomic E-state index is 13.7. The van der Waals surface area contributed by atoms with E-state index in [1.54, 1.807) is 30.6 Å². The van der Waals surface area contributed by atoms with Gasteiger partial charge in [-0.3, -0.25) is 9.69 Å². The number of aromatic nitrogens is 2. The van der Waals surface area contributed by atoms with Crippen molar-refractivity contribution in [2.45, 2.75) is 44.6 Å². The van der Waals surface area contributed by atoms with Crippen molar-refractivity contribution in [3.63, 3.8) is 0 Å². The number of nitrogens with zero attached hydrogens (tertiary/aromatic N) is 5. The first-order chi connectivity index (χ1) is 16.4. The highest BCUT2D eigenvalue weighted by Crippen LogP contribution is 2.38. The van der Waals surface area contributed by atoms with Gasteiger partial charge in [-0.05, 0) is 49.9 Å². The van der Waals surface area contributed by atoms with Crippen LogP contribution in [0, 0.1) is 11.2 Å². The number of carbonyl (C=O) groups is 2. The summed E-state index contributed by atoms with van der Waals surface area (Å²) in [7, 11) is 0. The molecule has 0 bridgehead atoms. The third-order valence-corrected chi connectivity index (χ3v) is 7.49. The number of ether oxygens (including phenoxy) is 1. The molecule has 0 radical (unpaired) electrons. The van der Waals surface area contributed by atoms with E-state index in [1.807, 2.05) is 4.90 Å². The lowest BCUT2D eigenvalue weighted by molar-refractivity contribution is -0.142. The van der Waals surface area contributed by atoms with E-state index in [2.05, 4.69) is 21.8 Å². The number of likely N-dealkylation sites (tertiary alicyclic amines) is 1. The van der Waals surface area contributed by atoms with E-state index in [4.69, 9.17) is 4.74 Å². The number of benzene rings is 1. The zero-order chi connectivity index (χ0) is 23.8. The molecular formula is C25H30FN5O3. The summed E-state index contributed by atoms with van der Waals surface area (Å²) in [6.45, 7) is 5.11. The third-order valence-electron chi connectivity index (χ3n) is 7.49. The molecule has 2 aromatic rings. The normalized spacial score (nSPS) is 24.8. The van der Waals surface area contributed by atoms with Crippen LogP contribution in [-0.2, 0) is 9.53 Å². The lowest BCUT2D eigenvalue weighted by atomic mass is 9.79. The molecular weight excluding hydrogens is 437 g/mol. The van der Waals surface area contributed by atoms with Gasteiger partial charge in [-0.25, -0.2) is 19.2 Å². The summed E-state index contributed by atoms with van der Waals surface area (Å²) in [4.78, 5) is 40.4. The van der Waals surface area contributed by atoms with E-state index >= 15 is 0 Å². The first-order valence-electron chi connectivity index (χ1n) is 12.0. The molecule has 34 heavy (non-hydrogen) atoms. The van der Waals surface area contributed by atoms with E-state index < -0.39 is 17.1 Å². The summed E-state index contributed by atoms with van der Waals surface area (Å²) < 4.78 is 19.5. The van der Waals surface area contributed by atoms with Gasteiger partial charge in [-0.2, -0.15) is 0 Å². The number of halogens is 1. The van der Waals surface area contributed by atoms with Crippen LogP contribution in [0.4, 0.5) is 20.8 Å². The molecule has 0 N–H and O–H groups in total. The Bertz CT molecular complexity index is 1060. The van der Waals surface area contributed by atoms with E-state index in [-0.39, 0.29) is 11.7 Å². The predicted octanol–water partition coefficient (Wildman–Crippen LogP) is 3.63. The average molecular weight is 468 g/mol. The Labute approximate surface area is 198 Å². The van der Waals surface area contributed by atoms with Crippen molar-refractivity contribution in [3.05, 3.63) is 48.5 Å². The van der Waals surface area contributed by atoms with Gasteiger partial charge in [0.1, 0.15) is 11.4 Å². The number of amides is 2. The maximum absolute atomic E-state index is 13.7. The monoisotopic (exact) mass is 467 g/mol. The fourth-order valence-corrected chi connectivity index (χ4v) is 5.35. The van der Waals surface area contributed by atoms with Gasteiger partial charge >= 0.3 is 6.09 Å². The van der Waals surface area contributed by atoms with Crippen molar-refractivity contribution >= 4 is 23.6 Å². The molecule has 9 heteroatoms. The molecule has 1 unspecified atom stereocenters. The number of carbonyl (C=O) groups excluding carboxylic acids is 2. The SMILES string of the molecule is CC1(C(=O)N2CCCC3(CC2)CN(c2cccc(F)c2)C(=O)O3)CCN(c2ncccn2)CC1. The molecule has 5 rings (SSSR count). The van der Waals surface area contributed by atoms with Gasteiger partial charge in [0.2, 0.25) is 11.9 Å². The quantitative estimate of drug-likeness (QED) is 0.686. The maximum Gasteiger partial charge on any atom is 0.415 e. The van der Waals surface area contributed by atoms with Gasteiger partial charge in [-0.15, -0.1) is 0 Å². The number of anilines is 2. The molecule has 3 fully saturated rings. The Kier molecular flexibility index (Phi) is 5.87. The van der Waals surface area contributed by atoms with Crippen LogP contribution >= 0.6 is 0 Å². The predicted molar refractivity (Wildman–Crippen MR) is 125 cm³/mol. The fourth-order valence-electron chi connectivity index (χ4n) is 5.35. The van der Waals surface area contributed by atoms with Crippen LogP contribution in [-0.4, -0.2) is 65.2 Å². The summed E-state index contributed by atoms with van der Waals surface area (Å²) in [5.74, 6) is 0.492. The molecule has 3 aliphatic heterocycles. The van der Waals surface area contributed by atoms with Crippen LogP contribution in [0.3, 0.4) is 0 Å². The average Bonchev–Trinajstić information content (AvgIpc) is 3.03. The third kappa shape index (κ3) is 4.31. The van der Waals surface area contributed by atoms with Gasteiger partial charge in [0, 0.05) is 50.4 Å². The Balaban J connectivity index is 1.22. The van der Waals surface area contributed by atoms with Crippen LogP contribution in [0.2, 0.25) is 0 Å². The lowest BCUT2D eigenvalue weighted by Crippen LogP contribution is -2.49. The molecule has 8 nitrogen and oxygen atoms in total. The fraction of sp³-hybridized carbons (Fsp3) is 0.520. The summed E-state index contributed by atoms with van der Waals surface area (Å²) >= 11 is 0. The Morgan fingerprint density at radius 2 is 1.79 bits per heavy atom.